The lowest BCUT2D eigenvalue weighted by atomic mass is 10.0. The maximum atomic E-state index is 14.2. The van der Waals surface area contributed by atoms with Gasteiger partial charge in [-0.05, 0) is 35.1 Å². The molecule has 5 nitrogen and oxygen atoms in total. The van der Waals surface area contributed by atoms with Crippen molar-refractivity contribution in [2.45, 2.75) is 70.8 Å². The van der Waals surface area contributed by atoms with Crippen LogP contribution in [-0.4, -0.2) is 30.7 Å². The summed E-state index contributed by atoms with van der Waals surface area (Å²) in [5.41, 5.74) is 6.77. The van der Waals surface area contributed by atoms with E-state index in [0.717, 1.165) is 18.4 Å². The van der Waals surface area contributed by atoms with Gasteiger partial charge in [0.15, 0.2) is 24.5 Å². The van der Waals surface area contributed by atoms with Crippen molar-refractivity contribution < 1.29 is 23.3 Å². The zero-order valence-electron chi connectivity index (χ0n) is 16.4. The topological polar surface area (TPSA) is 81.8 Å². The normalized spacial score (nSPS) is 12.8. The molecule has 0 fully saturated rings. The Morgan fingerprint density at radius 3 is 2.56 bits per heavy atom. The van der Waals surface area contributed by atoms with Crippen molar-refractivity contribution in [2.75, 3.05) is 19.6 Å². The molecule has 0 saturated carbocycles. The van der Waals surface area contributed by atoms with E-state index in [0.29, 0.717) is 19.4 Å². The lowest BCUT2D eigenvalue weighted by molar-refractivity contribution is 0.107. The summed E-state index contributed by atoms with van der Waals surface area (Å²) in [7, 11) is -1.89. The molecule has 1 aromatic carbocycles. The first-order valence-electron chi connectivity index (χ1n) is 9.92. The predicted octanol–water partition coefficient (Wildman–Crippen LogP) is 4.92. The molecule has 2 atom stereocenters. The summed E-state index contributed by atoms with van der Waals surface area (Å²) in [5, 5.41) is 8.54. The van der Waals surface area contributed by atoms with Crippen molar-refractivity contribution in [3.05, 3.63) is 29.6 Å². The number of benzene rings is 1. The lowest BCUT2D eigenvalue weighted by Crippen LogP contribution is -2.23. The number of hydrogen-bond donors (Lipinski definition) is 2. The number of rotatable bonds is 16. The molecule has 0 spiro atoms. The second kappa shape index (κ2) is 14.9. The number of halogens is 1. The molecule has 0 aliphatic heterocycles. The minimum Gasteiger partial charge on any atom is -0.491 e. The van der Waals surface area contributed by atoms with Crippen LogP contribution in [0.25, 0.3) is 0 Å². The average molecular weight is 402 g/mol. The van der Waals surface area contributed by atoms with Crippen LogP contribution in [0.15, 0.2) is 18.2 Å². The Morgan fingerprint density at radius 2 is 1.89 bits per heavy atom. The molecule has 3 N–H and O–H groups in total. The quantitative estimate of drug-likeness (QED) is 0.233. The Balaban J connectivity index is 2.27. The van der Waals surface area contributed by atoms with Gasteiger partial charge in [0.1, 0.15) is 0 Å². The van der Waals surface area contributed by atoms with Gasteiger partial charge in [0.25, 0.3) is 0 Å². The van der Waals surface area contributed by atoms with Crippen LogP contribution >= 0.6 is 8.03 Å². The summed E-state index contributed by atoms with van der Waals surface area (Å²) >= 11 is 0. The van der Waals surface area contributed by atoms with Crippen molar-refractivity contribution in [1.29, 1.82) is 0 Å². The Hall–Kier alpha value is -1.07. The summed E-state index contributed by atoms with van der Waals surface area (Å²) in [6.45, 7) is 2.18. The van der Waals surface area contributed by atoms with Crippen molar-refractivity contribution in [3.63, 3.8) is 0 Å². The van der Waals surface area contributed by atoms with Crippen LogP contribution in [0.5, 0.6) is 5.75 Å². The molecule has 0 heterocycles. The van der Waals surface area contributed by atoms with Gasteiger partial charge in [-0.25, -0.2) is 4.39 Å². The summed E-state index contributed by atoms with van der Waals surface area (Å²) in [6, 6.07) is 4.66. The van der Waals surface area contributed by atoms with Crippen LogP contribution in [0.2, 0.25) is 0 Å². The molecule has 0 bridgehead atoms. The highest BCUT2D eigenvalue weighted by molar-refractivity contribution is 7.39. The molecule has 1 aromatic rings. The molecular formula is C20H34FNO4P+. The molecule has 0 aliphatic carbocycles. The van der Waals surface area contributed by atoms with Crippen molar-refractivity contribution in [3.8, 4) is 5.75 Å². The fourth-order valence-electron chi connectivity index (χ4n) is 2.83. The van der Waals surface area contributed by atoms with Gasteiger partial charge in [0.05, 0.1) is 6.61 Å². The lowest BCUT2D eigenvalue weighted by Gasteiger charge is -2.11. The molecule has 7 heteroatoms. The summed E-state index contributed by atoms with van der Waals surface area (Å²) in [6.07, 6.45) is 9.60. The zero-order valence-corrected chi connectivity index (χ0v) is 17.3. The standard InChI is InChI=1S/C20H34FNO4P/c1-2-3-4-5-6-7-8-12-25-20-10-9-17(15-19(20)21)14-18(22)11-13-27(24)26-16-23/h9-10,15,18,23H,2-8,11-14,16,22H2,1H3/q+1. The molecule has 0 aromatic heterocycles. The van der Waals surface area contributed by atoms with Gasteiger partial charge >= 0.3 is 8.03 Å². The van der Waals surface area contributed by atoms with Crippen molar-refractivity contribution in [2.24, 2.45) is 5.73 Å². The maximum absolute atomic E-state index is 14.2. The molecule has 0 radical (unpaired) electrons. The van der Waals surface area contributed by atoms with Crippen LogP contribution in [0.4, 0.5) is 4.39 Å². The number of aliphatic hydroxyl groups excluding tert-OH is 1. The van der Waals surface area contributed by atoms with Crippen molar-refractivity contribution >= 4 is 8.03 Å². The van der Waals surface area contributed by atoms with E-state index in [1.54, 1.807) is 6.07 Å². The Labute approximate surface area is 163 Å². The molecule has 0 aliphatic rings. The Bertz CT molecular complexity index is 545. The fourth-order valence-corrected chi connectivity index (χ4v) is 3.64. The number of nitrogens with two attached hydrogens (primary N) is 1. The smallest absolute Gasteiger partial charge is 0.491 e. The number of ether oxygens (including phenoxy) is 1. The second-order valence-corrected chi connectivity index (χ2v) is 8.17. The van der Waals surface area contributed by atoms with Crippen LogP contribution < -0.4 is 10.5 Å². The Morgan fingerprint density at radius 1 is 1.19 bits per heavy atom. The van der Waals surface area contributed by atoms with Gasteiger partial charge in [-0.2, -0.15) is 0 Å². The van der Waals surface area contributed by atoms with Gasteiger partial charge in [-0.1, -0.05) is 51.5 Å². The molecule has 27 heavy (non-hydrogen) atoms. The average Bonchev–Trinajstić information content (AvgIpc) is 2.64. The van der Waals surface area contributed by atoms with Gasteiger partial charge in [0, 0.05) is 12.5 Å². The number of aliphatic hydroxyl groups is 1. The molecular weight excluding hydrogens is 368 g/mol. The SMILES string of the molecule is CCCCCCCCCOc1ccc(CC(N)CC[P+](=O)OCO)cc1F. The summed E-state index contributed by atoms with van der Waals surface area (Å²) in [4.78, 5) is 0. The van der Waals surface area contributed by atoms with E-state index in [-0.39, 0.29) is 23.8 Å². The fraction of sp³-hybridized carbons (Fsp3) is 0.700. The molecule has 154 valence electrons. The first-order valence-corrected chi connectivity index (χ1v) is 11.3. The maximum Gasteiger partial charge on any atom is 0.510 e. The monoisotopic (exact) mass is 402 g/mol. The first-order chi connectivity index (χ1) is 13.1. The predicted molar refractivity (Wildman–Crippen MR) is 107 cm³/mol. The highest BCUT2D eigenvalue weighted by Crippen LogP contribution is 2.24. The van der Waals surface area contributed by atoms with Crippen LogP contribution in [0.3, 0.4) is 0 Å². The van der Waals surface area contributed by atoms with Gasteiger partial charge in [-0.3, -0.25) is 0 Å². The third-order valence-electron chi connectivity index (χ3n) is 4.38. The van der Waals surface area contributed by atoms with Crippen LogP contribution in [0, 0.1) is 5.82 Å². The Kier molecular flexibility index (Phi) is 13.2. The minimum atomic E-state index is -1.89. The third-order valence-corrected chi connectivity index (χ3v) is 5.41. The van der Waals surface area contributed by atoms with E-state index >= 15 is 0 Å². The summed E-state index contributed by atoms with van der Waals surface area (Å²) in [5.74, 6) is -0.102. The molecule has 1 rings (SSSR count). The van der Waals surface area contributed by atoms with Gasteiger partial charge < -0.3 is 15.6 Å². The highest BCUT2D eigenvalue weighted by atomic mass is 31.1. The van der Waals surface area contributed by atoms with E-state index in [9.17, 15) is 8.96 Å². The van der Waals surface area contributed by atoms with E-state index in [4.69, 9.17) is 15.6 Å². The zero-order chi connectivity index (χ0) is 19.9. The van der Waals surface area contributed by atoms with Crippen LogP contribution in [-0.2, 0) is 15.5 Å². The van der Waals surface area contributed by atoms with Gasteiger partial charge in [0.2, 0.25) is 0 Å². The summed E-state index contributed by atoms with van der Waals surface area (Å²) < 4.78 is 35.6. The highest BCUT2D eigenvalue weighted by Gasteiger charge is 2.19. The van der Waals surface area contributed by atoms with Gasteiger partial charge in [-0.15, -0.1) is 4.52 Å². The number of hydrogen-bond acceptors (Lipinski definition) is 5. The second-order valence-electron chi connectivity index (χ2n) is 6.80. The first kappa shape index (κ1) is 24.0. The van der Waals surface area contributed by atoms with Crippen molar-refractivity contribution in [1.82, 2.24) is 0 Å². The van der Waals surface area contributed by atoms with E-state index in [2.05, 4.69) is 11.4 Å². The largest absolute Gasteiger partial charge is 0.510 e. The van der Waals surface area contributed by atoms with Crippen LogP contribution in [0.1, 0.15) is 63.9 Å². The van der Waals surface area contributed by atoms with E-state index in [1.165, 1.54) is 38.2 Å². The minimum absolute atomic E-state index is 0.245. The number of unbranched alkanes of at least 4 members (excludes halogenated alkanes) is 6. The van der Waals surface area contributed by atoms with E-state index in [1.807, 2.05) is 6.07 Å². The van der Waals surface area contributed by atoms with E-state index < -0.39 is 14.8 Å². The third kappa shape index (κ3) is 11.4. The molecule has 0 amide bonds. The molecule has 2 unspecified atom stereocenters. The molecule has 0 saturated heterocycles.